The Morgan fingerprint density at radius 2 is 1.72 bits per heavy atom. The fraction of sp³-hybridized carbons (Fsp3) is 0.778. The van der Waals surface area contributed by atoms with E-state index < -0.39 is 5.60 Å². The smallest absolute Gasteiger partial charge is 0.302 e. The SMILES string of the molecule is CC(=O)OC1CC(=C/C=C2\CCC[C@]3(C)C(CCC(C)(C)O)CCC23)C[C@@H](OC(C)=O)C1. The topological polar surface area (TPSA) is 72.8 Å². The molecule has 0 heterocycles. The van der Waals surface area contributed by atoms with Gasteiger partial charge < -0.3 is 14.6 Å². The number of rotatable bonds is 6. The van der Waals surface area contributed by atoms with Gasteiger partial charge >= 0.3 is 11.9 Å². The highest BCUT2D eigenvalue weighted by Crippen LogP contribution is 2.58. The highest BCUT2D eigenvalue weighted by atomic mass is 16.6. The van der Waals surface area contributed by atoms with E-state index in [0.717, 1.165) is 19.3 Å². The van der Waals surface area contributed by atoms with Gasteiger partial charge in [-0.25, -0.2) is 0 Å². The van der Waals surface area contributed by atoms with Crippen LogP contribution in [0.2, 0.25) is 0 Å². The molecule has 1 N–H and O–H groups in total. The Balaban J connectivity index is 1.73. The number of ether oxygens (including phenoxy) is 2. The third kappa shape index (κ3) is 6.46. The quantitative estimate of drug-likeness (QED) is 0.534. The van der Waals surface area contributed by atoms with Crippen LogP contribution in [-0.4, -0.2) is 34.9 Å². The van der Waals surface area contributed by atoms with Crippen LogP contribution in [0, 0.1) is 17.3 Å². The minimum absolute atomic E-state index is 0.232. The first-order valence-electron chi connectivity index (χ1n) is 12.4. The van der Waals surface area contributed by atoms with E-state index in [2.05, 4.69) is 19.1 Å². The molecule has 5 nitrogen and oxygen atoms in total. The zero-order valence-electron chi connectivity index (χ0n) is 20.6. The summed E-state index contributed by atoms with van der Waals surface area (Å²) in [7, 11) is 0. The van der Waals surface area contributed by atoms with Gasteiger partial charge in [0.25, 0.3) is 0 Å². The van der Waals surface area contributed by atoms with E-state index in [9.17, 15) is 14.7 Å². The van der Waals surface area contributed by atoms with E-state index in [0.29, 0.717) is 36.5 Å². The second kappa shape index (κ2) is 10.1. The summed E-state index contributed by atoms with van der Waals surface area (Å²) in [5, 5.41) is 10.2. The van der Waals surface area contributed by atoms with Gasteiger partial charge in [0, 0.05) is 33.1 Å². The molecule has 3 aliphatic rings. The van der Waals surface area contributed by atoms with Crippen molar-refractivity contribution in [3.8, 4) is 0 Å². The van der Waals surface area contributed by atoms with Crippen molar-refractivity contribution in [3.63, 3.8) is 0 Å². The van der Waals surface area contributed by atoms with Gasteiger partial charge in [-0.3, -0.25) is 9.59 Å². The van der Waals surface area contributed by atoms with Crippen LogP contribution in [-0.2, 0) is 19.1 Å². The minimum Gasteiger partial charge on any atom is -0.462 e. The molecule has 32 heavy (non-hydrogen) atoms. The van der Waals surface area contributed by atoms with Crippen LogP contribution in [0.25, 0.3) is 0 Å². The number of esters is 2. The number of fused-ring (bicyclic) bond motifs is 1. The van der Waals surface area contributed by atoms with Crippen molar-refractivity contribution in [1.82, 2.24) is 0 Å². The van der Waals surface area contributed by atoms with Gasteiger partial charge in [-0.2, -0.15) is 0 Å². The Hall–Kier alpha value is -1.62. The maximum Gasteiger partial charge on any atom is 0.302 e. The van der Waals surface area contributed by atoms with Crippen LogP contribution in [0.15, 0.2) is 23.3 Å². The lowest BCUT2D eigenvalue weighted by atomic mass is 9.62. The molecule has 0 aromatic heterocycles. The molecular formula is C27H42O5. The summed E-state index contributed by atoms with van der Waals surface area (Å²) in [6.45, 7) is 9.15. The summed E-state index contributed by atoms with van der Waals surface area (Å²) in [4.78, 5) is 23.0. The molecule has 0 aromatic carbocycles. The van der Waals surface area contributed by atoms with Crippen molar-refractivity contribution in [1.29, 1.82) is 0 Å². The van der Waals surface area contributed by atoms with Gasteiger partial charge in [0.05, 0.1) is 5.60 Å². The molecule has 3 aliphatic carbocycles. The van der Waals surface area contributed by atoms with Gasteiger partial charge in [0.15, 0.2) is 0 Å². The van der Waals surface area contributed by atoms with Crippen LogP contribution >= 0.6 is 0 Å². The second-order valence-corrected chi connectivity index (χ2v) is 11.2. The Morgan fingerprint density at radius 3 is 2.28 bits per heavy atom. The van der Waals surface area contributed by atoms with Crippen molar-refractivity contribution in [3.05, 3.63) is 23.3 Å². The summed E-state index contributed by atoms with van der Waals surface area (Å²) in [6, 6.07) is 0. The number of hydrogen-bond donors (Lipinski definition) is 1. The summed E-state index contributed by atoms with van der Waals surface area (Å²) < 4.78 is 10.9. The summed E-state index contributed by atoms with van der Waals surface area (Å²) in [6.07, 6.45) is 14.1. The Morgan fingerprint density at radius 1 is 1.09 bits per heavy atom. The van der Waals surface area contributed by atoms with E-state index in [-0.39, 0.29) is 24.1 Å². The second-order valence-electron chi connectivity index (χ2n) is 11.2. The van der Waals surface area contributed by atoms with Gasteiger partial charge in [-0.1, -0.05) is 30.2 Å². The fourth-order valence-corrected chi connectivity index (χ4v) is 6.49. The molecule has 3 saturated carbocycles. The molecule has 3 unspecified atom stereocenters. The monoisotopic (exact) mass is 446 g/mol. The average Bonchev–Trinajstić information content (AvgIpc) is 2.99. The zero-order valence-corrected chi connectivity index (χ0v) is 20.6. The van der Waals surface area contributed by atoms with E-state index >= 15 is 0 Å². The molecule has 5 heteroatoms. The third-order valence-electron chi connectivity index (χ3n) is 7.97. The standard InChI is InChI=1S/C27H42O5/c1-18(28)31-23-15-20(16-24(17-23)32-19(2)29)8-9-21-7-6-13-27(5)22(10-11-25(21)27)12-14-26(3,4)30/h8-9,22-25,30H,6-7,10-17H2,1-5H3/b20-8?,21-9+/t22?,23-,24?,25?,27-/m1/s1. The molecule has 3 fully saturated rings. The van der Waals surface area contributed by atoms with Crippen LogP contribution < -0.4 is 0 Å². The molecule has 180 valence electrons. The maximum absolute atomic E-state index is 11.5. The molecule has 0 amide bonds. The Kier molecular flexibility index (Phi) is 7.90. The number of carbonyl (C=O) groups is 2. The number of hydrogen-bond acceptors (Lipinski definition) is 5. The highest BCUT2D eigenvalue weighted by molar-refractivity contribution is 5.67. The predicted octanol–water partition coefficient (Wildman–Crippen LogP) is 5.65. The Labute approximate surface area is 193 Å². The van der Waals surface area contributed by atoms with Crippen molar-refractivity contribution in [2.24, 2.45) is 17.3 Å². The number of carbonyl (C=O) groups excluding carboxylic acids is 2. The molecule has 5 atom stereocenters. The first kappa shape index (κ1) is 25.0. The van der Waals surface area contributed by atoms with Crippen molar-refractivity contribution in [2.45, 2.75) is 117 Å². The fourth-order valence-electron chi connectivity index (χ4n) is 6.49. The van der Waals surface area contributed by atoms with Gasteiger partial charge in [-0.05, 0) is 76.0 Å². The maximum atomic E-state index is 11.5. The van der Waals surface area contributed by atoms with E-state index in [1.54, 1.807) is 0 Å². The summed E-state index contributed by atoms with van der Waals surface area (Å²) in [5.74, 6) is 0.702. The van der Waals surface area contributed by atoms with E-state index in [1.807, 2.05) is 13.8 Å². The average molecular weight is 447 g/mol. The largest absolute Gasteiger partial charge is 0.462 e. The lowest BCUT2D eigenvalue weighted by Crippen LogP contribution is -2.34. The highest BCUT2D eigenvalue weighted by Gasteiger charge is 2.48. The van der Waals surface area contributed by atoms with Gasteiger partial charge in [0.2, 0.25) is 0 Å². The van der Waals surface area contributed by atoms with Crippen LogP contribution in [0.1, 0.15) is 98.8 Å². The van der Waals surface area contributed by atoms with Crippen molar-refractivity contribution in [2.75, 3.05) is 0 Å². The first-order chi connectivity index (χ1) is 15.0. The molecular weight excluding hydrogens is 404 g/mol. The van der Waals surface area contributed by atoms with Crippen LogP contribution in [0.5, 0.6) is 0 Å². The minimum atomic E-state index is -0.593. The third-order valence-corrected chi connectivity index (χ3v) is 7.97. The summed E-state index contributed by atoms with van der Waals surface area (Å²) in [5.41, 5.74) is 2.45. The van der Waals surface area contributed by atoms with Gasteiger partial charge in [-0.15, -0.1) is 0 Å². The molecule has 0 aliphatic heterocycles. The zero-order chi connectivity index (χ0) is 23.5. The lowest BCUT2D eigenvalue weighted by molar-refractivity contribution is -0.154. The molecule has 0 bridgehead atoms. The molecule has 0 spiro atoms. The van der Waals surface area contributed by atoms with E-state index in [4.69, 9.17) is 9.47 Å². The number of allylic oxidation sites excluding steroid dienone is 3. The summed E-state index contributed by atoms with van der Waals surface area (Å²) >= 11 is 0. The predicted molar refractivity (Wildman–Crippen MR) is 125 cm³/mol. The van der Waals surface area contributed by atoms with Crippen LogP contribution in [0.4, 0.5) is 0 Å². The van der Waals surface area contributed by atoms with Crippen molar-refractivity contribution < 1.29 is 24.2 Å². The molecule has 3 rings (SSSR count). The normalized spacial score (nSPS) is 35.6. The number of aliphatic hydroxyl groups is 1. The molecule has 0 aromatic rings. The van der Waals surface area contributed by atoms with Crippen LogP contribution in [0.3, 0.4) is 0 Å². The van der Waals surface area contributed by atoms with Crippen molar-refractivity contribution >= 4 is 11.9 Å². The Bertz CT molecular complexity index is 732. The van der Waals surface area contributed by atoms with Gasteiger partial charge in [0.1, 0.15) is 12.2 Å². The molecule has 0 radical (unpaired) electrons. The molecule has 0 saturated heterocycles. The first-order valence-corrected chi connectivity index (χ1v) is 12.4. The van der Waals surface area contributed by atoms with E-state index in [1.165, 1.54) is 50.7 Å². The lowest BCUT2D eigenvalue weighted by Gasteiger charge is -2.43.